The lowest BCUT2D eigenvalue weighted by Crippen LogP contribution is -2.16. The van der Waals surface area contributed by atoms with Crippen LogP contribution in [0.1, 0.15) is 210 Å². The number of allylic oxidation sites excluding steroid dienone is 2. The van der Waals surface area contributed by atoms with Crippen molar-refractivity contribution in [3.8, 4) is 45.9 Å². The molecule has 0 unspecified atom stereocenters. The smallest absolute Gasteiger partial charge is 0.129 e. The van der Waals surface area contributed by atoms with Gasteiger partial charge in [0.15, 0.2) is 0 Å². The molecular weight excluding hydrogens is 1440 g/mol. The van der Waals surface area contributed by atoms with Crippen LogP contribution in [0.4, 0.5) is 0 Å². The molecule has 0 spiro atoms. The van der Waals surface area contributed by atoms with E-state index >= 15 is 0 Å². The van der Waals surface area contributed by atoms with E-state index in [1.807, 2.05) is 45.6 Å². The molecule has 4 N–H and O–H groups in total. The highest BCUT2D eigenvalue weighted by atomic mass is 127. The standard InChI is InChI=1S/C10H17ISi.C10H20Si.C9H18OSi.C9H16OSi.C6H14.C5H9I.C5H10O.C5H12O.2C4H8O.2C3H6O2.3CH4/c1-10(7-8-11)6-5-9-12(2,3)4;1-6-10(2)8-7-9-11(3,4)5;2*1-9(8-10)6-5-7-11(2,3)4;1-4-6(3)5-2;1-5(2)3-4-6;1-3-5(2)4-6;1-3-5(6)4-2;2*1-2-4-3-5-4;2*4-1-3-2-5-3;;;/h7-8,10H,6H2,1-4H3;10H,6,8H2,1-5H3;9-10H,6,8H2,1-4H3;8-9H,6H2,1-4H3;6H,4-5H2,1-3H3;3-5H,1-2H3;4-5H,3H2,1-2H3;5-6H,3-4H2,1-2H3;2*4H,2-3H2,1H3;2*3-4H,1-2H2;3*1H4/b8-7+;;;;;4-3+;;;;;;;;;/t2*10-;2*9-;;;5-;;2*4-;2*3-;;;/m1011..1.0000.../s1. The lowest BCUT2D eigenvalue weighted by Gasteiger charge is -2.05. The highest BCUT2D eigenvalue weighted by Gasteiger charge is 2.21. The Morgan fingerprint density at radius 3 is 0.826 bits per heavy atom. The van der Waals surface area contributed by atoms with E-state index in [0.29, 0.717) is 36.4 Å². The lowest BCUT2D eigenvalue weighted by atomic mass is 10.1. The molecule has 9 atom stereocenters. The minimum atomic E-state index is -1.21. The van der Waals surface area contributed by atoms with Crippen LogP contribution in [0.15, 0.2) is 20.3 Å². The summed E-state index contributed by atoms with van der Waals surface area (Å²) in [7, 11) is -4.63. The Hall–Kier alpha value is -0.932. The molecular formula is C76H156I2O10Si4. The minimum Gasteiger partial charge on any atom is -0.396 e. The second-order valence-electron chi connectivity index (χ2n) is 27.7. The number of carbonyl (C=O) groups is 2. The largest absolute Gasteiger partial charge is 0.396 e. The van der Waals surface area contributed by atoms with Gasteiger partial charge in [-0.15, -0.1) is 45.9 Å². The molecule has 550 valence electrons. The Kier molecular flexibility index (Phi) is 97.0. The molecule has 4 rings (SSSR count). The summed E-state index contributed by atoms with van der Waals surface area (Å²) < 4.78 is 23.0. The van der Waals surface area contributed by atoms with Crippen molar-refractivity contribution in [3.05, 3.63) is 20.3 Å². The highest BCUT2D eigenvalue weighted by molar-refractivity contribution is 14.1. The molecule has 92 heavy (non-hydrogen) atoms. The Labute approximate surface area is 607 Å². The van der Waals surface area contributed by atoms with Crippen molar-refractivity contribution in [2.45, 2.75) is 319 Å². The van der Waals surface area contributed by atoms with Gasteiger partial charge in [-0.3, -0.25) is 0 Å². The lowest BCUT2D eigenvalue weighted by molar-refractivity contribution is -0.111. The third-order valence-electron chi connectivity index (χ3n) is 11.8. The first-order valence-electron chi connectivity index (χ1n) is 33.7. The molecule has 0 radical (unpaired) electrons. The fourth-order valence-electron chi connectivity index (χ4n) is 4.16. The van der Waals surface area contributed by atoms with Gasteiger partial charge in [-0.1, -0.05) is 288 Å². The molecule has 4 heterocycles. The number of rotatable bonds is 19. The number of epoxide rings is 4. The zero-order valence-electron chi connectivity index (χ0n) is 62.8. The predicted molar refractivity (Wildman–Crippen MR) is 440 cm³/mol. The van der Waals surface area contributed by atoms with Crippen LogP contribution in [0.25, 0.3) is 0 Å². The quantitative estimate of drug-likeness (QED) is 0.0322. The molecule has 0 aromatic rings. The van der Waals surface area contributed by atoms with Crippen molar-refractivity contribution >= 4 is 90.0 Å². The van der Waals surface area contributed by atoms with E-state index in [4.69, 9.17) is 29.9 Å². The number of aliphatic hydroxyl groups is 4. The van der Waals surface area contributed by atoms with E-state index in [2.05, 4.69) is 265 Å². The van der Waals surface area contributed by atoms with E-state index in [0.717, 1.165) is 89.4 Å². The maximum Gasteiger partial charge on any atom is 0.129 e. The summed E-state index contributed by atoms with van der Waals surface area (Å²) in [4.78, 5) is 19.9. The van der Waals surface area contributed by atoms with Crippen LogP contribution in [0.5, 0.6) is 0 Å². The summed E-state index contributed by atoms with van der Waals surface area (Å²) in [6, 6.07) is 0. The molecule has 4 aliphatic rings. The van der Waals surface area contributed by atoms with Gasteiger partial charge in [0.1, 0.15) is 57.1 Å². The zero-order valence-corrected chi connectivity index (χ0v) is 71.1. The molecule has 0 aromatic heterocycles. The van der Waals surface area contributed by atoms with E-state index in [1.165, 1.54) is 32.1 Å². The van der Waals surface area contributed by atoms with Crippen LogP contribution < -0.4 is 0 Å². The second kappa shape index (κ2) is 77.4. The van der Waals surface area contributed by atoms with E-state index < -0.39 is 32.3 Å². The van der Waals surface area contributed by atoms with Gasteiger partial charge in [-0.2, -0.15) is 0 Å². The molecule has 4 aliphatic heterocycles. The van der Waals surface area contributed by atoms with Crippen molar-refractivity contribution in [1.82, 2.24) is 0 Å². The summed E-state index contributed by atoms with van der Waals surface area (Å²) in [6.07, 6.45) is 20.5. The number of hydrogen-bond donors (Lipinski definition) is 4. The van der Waals surface area contributed by atoms with E-state index in [9.17, 15) is 9.59 Å². The summed E-state index contributed by atoms with van der Waals surface area (Å²) in [5.74, 6) is 16.4. The van der Waals surface area contributed by atoms with Crippen LogP contribution in [-0.2, 0) is 28.5 Å². The summed E-state index contributed by atoms with van der Waals surface area (Å²) in [5.41, 5.74) is 13.2. The molecule has 16 heteroatoms. The average Bonchev–Trinajstić information content (AvgIpc) is 4.38. The Balaban J connectivity index is -0.0000000873. The molecule has 0 bridgehead atoms. The van der Waals surface area contributed by atoms with Gasteiger partial charge in [0.25, 0.3) is 0 Å². The first-order valence-corrected chi connectivity index (χ1v) is 50.2. The number of aliphatic hydroxyl groups excluding tert-OH is 4. The first-order chi connectivity index (χ1) is 41.2. The van der Waals surface area contributed by atoms with Gasteiger partial charge in [-0.25, -0.2) is 0 Å². The van der Waals surface area contributed by atoms with Gasteiger partial charge in [-0.05, 0) is 69.9 Å². The van der Waals surface area contributed by atoms with Gasteiger partial charge in [0.2, 0.25) is 0 Å². The van der Waals surface area contributed by atoms with Crippen LogP contribution in [0.3, 0.4) is 0 Å². The van der Waals surface area contributed by atoms with Crippen molar-refractivity contribution in [2.75, 3.05) is 46.2 Å². The zero-order chi connectivity index (χ0) is 71.1. The van der Waals surface area contributed by atoms with Gasteiger partial charge in [0, 0.05) is 44.1 Å². The minimum absolute atomic E-state index is 0. The summed E-state index contributed by atoms with van der Waals surface area (Å²) in [6.45, 7) is 65.0. The monoisotopic (exact) mass is 1590 g/mol. The SMILES string of the molecule is C.C.C.CC(C)/C=C/I.CCC(C)CC.CCC(O)CC.CC[C@@H](C)C=O.CC[C@H](C)CC#C[Si](C)(C)C.CC[C@H]1CO1.CC[C@H]1CO1.C[C@@H](/C=C/I)CC#C[Si](C)(C)C.C[C@@H](C=O)CC#C[Si](C)(C)C.C[C@@H](CO)CC#C[Si](C)(C)C.OC[C@H]1CO1.OC[C@H]1CO1. The fourth-order valence-corrected chi connectivity index (χ4v) is 8.23. The molecule has 4 fully saturated rings. The Morgan fingerprint density at radius 2 is 0.696 bits per heavy atom. The van der Waals surface area contributed by atoms with Crippen LogP contribution in [-0.4, -0.2) is 142 Å². The maximum absolute atomic E-state index is 10.2. The number of hydrogen-bond acceptors (Lipinski definition) is 10. The first kappa shape index (κ1) is 115. The van der Waals surface area contributed by atoms with Crippen molar-refractivity contribution < 1.29 is 49.0 Å². The Morgan fingerprint density at radius 1 is 0.413 bits per heavy atom. The topological polar surface area (TPSA) is 165 Å². The van der Waals surface area contributed by atoms with Crippen LogP contribution in [0.2, 0.25) is 78.6 Å². The summed E-state index contributed by atoms with van der Waals surface area (Å²) >= 11 is 4.47. The second-order valence-corrected chi connectivity index (χ2v) is 48.2. The molecule has 10 nitrogen and oxygen atoms in total. The summed E-state index contributed by atoms with van der Waals surface area (Å²) in [5, 5.41) is 33.5. The van der Waals surface area contributed by atoms with Crippen LogP contribution in [0, 0.1) is 87.3 Å². The van der Waals surface area contributed by atoms with E-state index in [1.54, 1.807) is 0 Å². The normalized spacial score (nSPS) is 17.0. The van der Waals surface area contributed by atoms with Crippen molar-refractivity contribution in [3.63, 3.8) is 0 Å². The molecule has 4 saturated heterocycles. The van der Waals surface area contributed by atoms with Gasteiger partial charge in [0.05, 0.1) is 58.0 Å². The van der Waals surface area contributed by atoms with Crippen LogP contribution >= 0.6 is 45.2 Å². The molecule has 0 aromatic carbocycles. The average molecular weight is 1600 g/mol. The van der Waals surface area contributed by atoms with Crippen molar-refractivity contribution in [1.29, 1.82) is 0 Å². The van der Waals surface area contributed by atoms with Gasteiger partial charge >= 0.3 is 0 Å². The van der Waals surface area contributed by atoms with Crippen molar-refractivity contribution in [2.24, 2.45) is 41.4 Å². The number of aldehydes is 2. The number of ether oxygens (including phenoxy) is 4. The predicted octanol–water partition coefficient (Wildman–Crippen LogP) is 20.8. The molecule has 0 aliphatic carbocycles. The molecule has 0 saturated carbocycles. The third kappa shape index (κ3) is 137. The highest BCUT2D eigenvalue weighted by Crippen LogP contribution is 2.12. The van der Waals surface area contributed by atoms with E-state index in [-0.39, 0.29) is 72.2 Å². The number of carbonyl (C=O) groups excluding carboxylic acids is 2. The number of halogens is 2. The van der Waals surface area contributed by atoms with Gasteiger partial charge < -0.3 is 49.0 Å². The molecule has 0 amide bonds. The maximum atomic E-state index is 10.2. The fraction of sp³-hybridized carbons (Fsp3) is 0.816. The third-order valence-corrected chi connectivity index (χ3v) is 16.4. The Bertz CT molecular complexity index is 1760.